The van der Waals surface area contributed by atoms with Crippen molar-refractivity contribution in [1.82, 2.24) is 9.21 Å². The molecule has 2 N–H and O–H groups in total. The third kappa shape index (κ3) is 6.38. The van der Waals surface area contributed by atoms with Gasteiger partial charge in [0.1, 0.15) is 28.4 Å². The lowest BCUT2D eigenvalue weighted by atomic mass is 10.0. The molecular formula is C28H31F2N3O5S. The number of halogens is 2. The number of amides is 2. The van der Waals surface area contributed by atoms with E-state index in [1.54, 1.807) is 38.2 Å². The summed E-state index contributed by atoms with van der Waals surface area (Å²) in [5, 5.41) is 12.5. The molecule has 0 bridgehead atoms. The van der Waals surface area contributed by atoms with Gasteiger partial charge in [0.15, 0.2) is 0 Å². The number of sulfonamides is 1. The third-order valence-electron chi connectivity index (χ3n) is 6.74. The van der Waals surface area contributed by atoms with Crippen LogP contribution in [0.5, 0.6) is 5.75 Å². The van der Waals surface area contributed by atoms with E-state index in [-0.39, 0.29) is 36.3 Å². The van der Waals surface area contributed by atoms with Crippen molar-refractivity contribution in [3.05, 3.63) is 78.4 Å². The Hall–Kier alpha value is -3.54. The molecule has 1 heterocycles. The number of fused-ring (bicyclic) bond motifs is 1. The number of carbonyl (C=O) groups is 1. The second-order valence-electron chi connectivity index (χ2n) is 9.73. The number of nitrogens with zero attached hydrogens (tertiary/aromatic N) is 2. The number of anilines is 1. The van der Waals surface area contributed by atoms with Gasteiger partial charge in [-0.25, -0.2) is 22.0 Å². The zero-order chi connectivity index (χ0) is 28.3. The second kappa shape index (κ2) is 11.7. The van der Waals surface area contributed by atoms with E-state index in [1.165, 1.54) is 51.7 Å². The molecule has 1 aliphatic heterocycles. The quantitative estimate of drug-likeness (QED) is 0.461. The standard InChI is InChI=1S/C28H31F2N3O5S/c1-18-15-33(19(2)17-34)39(36,37)27-13-6-21(20-4-7-22(29)8-5-20)14-25(27)38-26(18)16-32(3)28(35)31-24-11-9-23(30)10-12-24/h4-14,18-19,26,34H,15-17H2,1-3H3,(H,31,35)/t18-,19+,26+/m1/s1. The molecule has 0 radical (unpaired) electrons. The van der Waals surface area contributed by atoms with E-state index in [2.05, 4.69) is 5.32 Å². The number of nitrogens with one attached hydrogen (secondary N) is 1. The summed E-state index contributed by atoms with van der Waals surface area (Å²) in [6.07, 6.45) is -0.625. The van der Waals surface area contributed by atoms with Crippen molar-refractivity contribution < 1.29 is 31.8 Å². The molecule has 0 unspecified atom stereocenters. The van der Waals surface area contributed by atoms with E-state index in [0.717, 1.165) is 0 Å². The molecule has 0 aromatic heterocycles. The molecule has 0 saturated carbocycles. The van der Waals surface area contributed by atoms with Crippen LogP contribution in [0.15, 0.2) is 71.6 Å². The Labute approximate surface area is 226 Å². The summed E-state index contributed by atoms with van der Waals surface area (Å²) < 4.78 is 61.6. The zero-order valence-corrected chi connectivity index (χ0v) is 22.7. The van der Waals surface area contributed by atoms with Gasteiger partial charge in [-0.3, -0.25) is 0 Å². The van der Waals surface area contributed by atoms with Crippen LogP contribution in [0.2, 0.25) is 0 Å². The van der Waals surface area contributed by atoms with Crippen LogP contribution in [-0.4, -0.2) is 67.7 Å². The smallest absolute Gasteiger partial charge is 0.321 e. The maximum Gasteiger partial charge on any atom is 0.321 e. The Bertz CT molecular complexity index is 1420. The number of likely N-dealkylation sites (N-methyl/N-ethyl adjacent to an activating group) is 1. The fourth-order valence-electron chi connectivity index (χ4n) is 4.37. The third-order valence-corrected chi connectivity index (χ3v) is 8.76. The Balaban J connectivity index is 1.68. The Kier molecular flexibility index (Phi) is 8.53. The summed E-state index contributed by atoms with van der Waals surface area (Å²) >= 11 is 0. The van der Waals surface area contributed by atoms with Crippen molar-refractivity contribution in [2.45, 2.75) is 30.9 Å². The van der Waals surface area contributed by atoms with Gasteiger partial charge in [0.2, 0.25) is 10.0 Å². The minimum Gasteiger partial charge on any atom is -0.487 e. The van der Waals surface area contributed by atoms with Crippen LogP contribution in [0.3, 0.4) is 0 Å². The highest BCUT2D eigenvalue weighted by atomic mass is 32.2. The van der Waals surface area contributed by atoms with Crippen molar-refractivity contribution in [2.75, 3.05) is 32.1 Å². The van der Waals surface area contributed by atoms with Gasteiger partial charge in [0, 0.05) is 31.2 Å². The molecule has 0 saturated heterocycles. The first-order chi connectivity index (χ1) is 18.5. The number of urea groups is 1. The Morgan fingerprint density at radius 3 is 2.28 bits per heavy atom. The summed E-state index contributed by atoms with van der Waals surface area (Å²) in [7, 11) is -2.46. The lowest BCUT2D eigenvalue weighted by molar-refractivity contribution is 0.0830. The maximum atomic E-state index is 13.7. The van der Waals surface area contributed by atoms with Crippen molar-refractivity contribution in [3.63, 3.8) is 0 Å². The fourth-order valence-corrected chi connectivity index (χ4v) is 6.20. The molecule has 3 aromatic carbocycles. The minimum absolute atomic E-state index is 0.0568. The van der Waals surface area contributed by atoms with E-state index < -0.39 is 39.8 Å². The number of hydrogen-bond donors (Lipinski definition) is 2. The molecule has 39 heavy (non-hydrogen) atoms. The highest BCUT2D eigenvalue weighted by molar-refractivity contribution is 7.89. The summed E-state index contributed by atoms with van der Waals surface area (Å²) in [5.41, 5.74) is 1.71. The molecule has 0 spiro atoms. The summed E-state index contributed by atoms with van der Waals surface area (Å²) in [4.78, 5) is 14.2. The number of carbonyl (C=O) groups excluding carboxylic acids is 1. The molecule has 1 aliphatic rings. The summed E-state index contributed by atoms with van der Waals surface area (Å²) in [6, 6.07) is 14.7. The molecule has 3 atom stereocenters. The molecule has 2 amide bonds. The first-order valence-electron chi connectivity index (χ1n) is 12.5. The SMILES string of the molecule is C[C@@H]1CN([C@@H](C)CO)S(=O)(=O)c2ccc(-c3ccc(F)cc3)cc2O[C@H]1CN(C)C(=O)Nc1ccc(F)cc1. The van der Waals surface area contributed by atoms with Crippen molar-refractivity contribution >= 4 is 21.7 Å². The van der Waals surface area contributed by atoms with E-state index in [1.807, 2.05) is 6.92 Å². The zero-order valence-electron chi connectivity index (χ0n) is 21.8. The number of rotatable bonds is 6. The van der Waals surface area contributed by atoms with Crippen molar-refractivity contribution in [2.24, 2.45) is 5.92 Å². The van der Waals surface area contributed by atoms with Crippen LogP contribution in [0.25, 0.3) is 11.1 Å². The van der Waals surface area contributed by atoms with Gasteiger partial charge in [-0.2, -0.15) is 4.31 Å². The monoisotopic (exact) mass is 559 g/mol. The number of hydrogen-bond acceptors (Lipinski definition) is 5. The molecule has 11 heteroatoms. The topological polar surface area (TPSA) is 99.2 Å². The lowest BCUT2D eigenvalue weighted by Crippen LogP contribution is -2.50. The molecular weight excluding hydrogens is 528 g/mol. The van der Waals surface area contributed by atoms with Gasteiger partial charge >= 0.3 is 6.03 Å². The van der Waals surface area contributed by atoms with Gasteiger partial charge in [-0.15, -0.1) is 0 Å². The fraction of sp³-hybridized carbons (Fsp3) is 0.321. The molecule has 208 valence electrons. The van der Waals surface area contributed by atoms with Gasteiger partial charge in [-0.05, 0) is 66.6 Å². The highest BCUT2D eigenvalue weighted by Crippen LogP contribution is 2.36. The van der Waals surface area contributed by atoms with Crippen LogP contribution >= 0.6 is 0 Å². The lowest BCUT2D eigenvalue weighted by Gasteiger charge is -2.37. The summed E-state index contributed by atoms with van der Waals surface area (Å²) in [5.74, 6) is -1.10. The Morgan fingerprint density at radius 1 is 1.08 bits per heavy atom. The maximum absolute atomic E-state index is 13.7. The van der Waals surface area contributed by atoms with Gasteiger partial charge < -0.3 is 20.1 Å². The van der Waals surface area contributed by atoms with Crippen LogP contribution in [-0.2, 0) is 10.0 Å². The van der Waals surface area contributed by atoms with Crippen LogP contribution in [0.1, 0.15) is 13.8 Å². The number of ether oxygens (including phenoxy) is 1. The first kappa shape index (κ1) is 28.5. The van der Waals surface area contributed by atoms with E-state index in [9.17, 15) is 27.1 Å². The molecule has 8 nitrogen and oxygen atoms in total. The molecule has 3 aromatic rings. The van der Waals surface area contributed by atoms with Crippen LogP contribution in [0, 0.1) is 17.6 Å². The van der Waals surface area contributed by atoms with Crippen molar-refractivity contribution in [1.29, 1.82) is 0 Å². The predicted octanol–water partition coefficient (Wildman–Crippen LogP) is 4.56. The number of benzene rings is 3. The molecule has 0 fully saturated rings. The van der Waals surface area contributed by atoms with Crippen LogP contribution < -0.4 is 10.1 Å². The average Bonchev–Trinajstić information content (AvgIpc) is 2.91. The van der Waals surface area contributed by atoms with Crippen LogP contribution in [0.4, 0.5) is 19.3 Å². The largest absolute Gasteiger partial charge is 0.487 e. The van der Waals surface area contributed by atoms with Gasteiger partial charge in [0.25, 0.3) is 0 Å². The second-order valence-corrected chi connectivity index (χ2v) is 11.6. The average molecular weight is 560 g/mol. The van der Waals surface area contributed by atoms with Crippen molar-refractivity contribution in [3.8, 4) is 16.9 Å². The Morgan fingerprint density at radius 2 is 1.67 bits per heavy atom. The number of aliphatic hydroxyl groups excluding tert-OH is 1. The van der Waals surface area contributed by atoms with E-state index in [4.69, 9.17) is 4.74 Å². The molecule has 0 aliphatic carbocycles. The predicted molar refractivity (Wildman–Crippen MR) is 144 cm³/mol. The minimum atomic E-state index is -4.04. The van der Waals surface area contributed by atoms with E-state index in [0.29, 0.717) is 16.8 Å². The first-order valence-corrected chi connectivity index (χ1v) is 13.9. The van der Waals surface area contributed by atoms with Gasteiger partial charge in [0.05, 0.1) is 13.2 Å². The summed E-state index contributed by atoms with van der Waals surface area (Å²) in [6.45, 7) is 3.23. The van der Waals surface area contributed by atoms with Gasteiger partial charge in [-0.1, -0.05) is 25.1 Å². The molecule has 4 rings (SSSR count). The highest BCUT2D eigenvalue weighted by Gasteiger charge is 2.38. The number of aliphatic hydroxyl groups is 1. The van der Waals surface area contributed by atoms with E-state index >= 15 is 0 Å². The normalized spacial score (nSPS) is 19.6.